The van der Waals surface area contributed by atoms with E-state index in [-0.39, 0.29) is 0 Å². The Hall–Kier alpha value is -3.16. The molecule has 3 aromatic rings. The number of carboxylic acid groups (broad SMARTS) is 1. The maximum atomic E-state index is 13.0. The molecule has 0 spiro atoms. The van der Waals surface area contributed by atoms with Gasteiger partial charge in [-0.25, -0.2) is 9.00 Å². The molecular weight excluding hydrogens is 532 g/mol. The number of aliphatic carboxylic acids is 1. The van der Waals surface area contributed by atoms with Gasteiger partial charge >= 0.3 is 12.1 Å². The van der Waals surface area contributed by atoms with Crippen molar-refractivity contribution in [2.45, 2.75) is 37.5 Å². The zero-order valence-electron chi connectivity index (χ0n) is 21.3. The smallest absolute Gasteiger partial charge is 0.490 e. The summed E-state index contributed by atoms with van der Waals surface area (Å²) in [5.41, 5.74) is 2.87. The molecule has 1 fully saturated rings. The summed E-state index contributed by atoms with van der Waals surface area (Å²) in [4.78, 5) is 11.9. The lowest BCUT2D eigenvalue weighted by Gasteiger charge is -2.31. The number of hydrogen-bond acceptors (Lipinski definition) is 7. The number of furan rings is 1. The van der Waals surface area contributed by atoms with E-state index < -0.39 is 23.2 Å². The highest BCUT2D eigenvalue weighted by Gasteiger charge is 2.38. The average molecular weight is 563 g/mol. The van der Waals surface area contributed by atoms with Gasteiger partial charge in [0.05, 0.1) is 25.4 Å². The van der Waals surface area contributed by atoms with Gasteiger partial charge < -0.3 is 23.8 Å². The van der Waals surface area contributed by atoms with Crippen molar-refractivity contribution in [2.24, 2.45) is 0 Å². The number of alkyl halides is 4. The van der Waals surface area contributed by atoms with Crippen LogP contribution < -0.4 is 14.2 Å². The summed E-state index contributed by atoms with van der Waals surface area (Å²) in [6, 6.07) is 11.7. The van der Waals surface area contributed by atoms with Crippen LogP contribution in [-0.2, 0) is 22.4 Å². The molecule has 1 saturated heterocycles. The molecule has 2 heterocycles. The summed E-state index contributed by atoms with van der Waals surface area (Å²) in [5.74, 6) is -1.73. The summed E-state index contributed by atoms with van der Waals surface area (Å²) in [6.45, 7) is 7.78. The van der Waals surface area contributed by atoms with Crippen LogP contribution in [0.2, 0.25) is 0 Å². The molecule has 2 aromatic carbocycles. The second-order valence-electron chi connectivity index (χ2n) is 8.29. The van der Waals surface area contributed by atoms with Crippen molar-refractivity contribution in [1.82, 2.24) is 10.2 Å². The van der Waals surface area contributed by atoms with E-state index in [1.54, 1.807) is 13.4 Å². The van der Waals surface area contributed by atoms with Gasteiger partial charge in [-0.15, -0.1) is 0 Å². The maximum absolute atomic E-state index is 13.0. The van der Waals surface area contributed by atoms with E-state index in [4.69, 9.17) is 23.2 Å². The van der Waals surface area contributed by atoms with Gasteiger partial charge in [-0.2, -0.15) is 13.2 Å². The average Bonchev–Trinajstić information content (AvgIpc) is 3.34. The first-order valence-electron chi connectivity index (χ1n) is 11.4. The Morgan fingerprint density at radius 3 is 2.50 bits per heavy atom. The molecule has 38 heavy (non-hydrogen) atoms. The number of ether oxygens (including phenoxy) is 1. The van der Waals surface area contributed by atoms with Crippen LogP contribution in [0.3, 0.4) is 0 Å². The number of methoxy groups -OCH3 is 1. The second-order valence-corrected chi connectivity index (χ2v) is 9.39. The molecule has 1 aliphatic rings. The third-order valence-electron chi connectivity index (χ3n) is 5.37. The van der Waals surface area contributed by atoms with Crippen LogP contribution in [-0.4, -0.2) is 66.3 Å². The molecule has 8 nitrogen and oxygen atoms in total. The van der Waals surface area contributed by atoms with Crippen molar-refractivity contribution in [3.63, 3.8) is 0 Å². The number of benzene rings is 2. The van der Waals surface area contributed by atoms with E-state index >= 15 is 0 Å². The fourth-order valence-corrected chi connectivity index (χ4v) is 4.57. The van der Waals surface area contributed by atoms with Crippen molar-refractivity contribution in [1.29, 1.82) is 0 Å². The van der Waals surface area contributed by atoms with Gasteiger partial charge in [0.1, 0.15) is 5.58 Å². The predicted octanol–water partition coefficient (Wildman–Crippen LogP) is 4.86. The van der Waals surface area contributed by atoms with Crippen LogP contribution in [0.15, 0.2) is 52.0 Å². The molecule has 210 valence electrons. The quantitative estimate of drug-likeness (QED) is 0.411. The van der Waals surface area contributed by atoms with Gasteiger partial charge in [-0.1, -0.05) is 6.07 Å². The fourth-order valence-electron chi connectivity index (χ4n) is 3.72. The van der Waals surface area contributed by atoms with Gasteiger partial charge in [-0.3, -0.25) is 9.29 Å². The molecule has 0 aliphatic carbocycles. The number of carbonyl (C=O) groups is 1. The summed E-state index contributed by atoms with van der Waals surface area (Å²) in [5, 5.41) is 11.5. The zero-order chi connectivity index (χ0) is 28.5. The lowest BCUT2D eigenvalue weighted by molar-refractivity contribution is -0.192. The Balaban J connectivity index is 0.000000491. The van der Waals surface area contributed by atoms with Gasteiger partial charge in [0.2, 0.25) is 11.1 Å². The number of fused-ring (bicyclic) bond motifs is 1. The number of rotatable bonds is 6. The Morgan fingerprint density at radius 2 is 1.89 bits per heavy atom. The molecule has 13 heteroatoms. The minimum atomic E-state index is -5.08. The molecule has 0 radical (unpaired) electrons. The van der Waals surface area contributed by atoms with Crippen molar-refractivity contribution in [2.75, 3.05) is 33.9 Å². The predicted molar refractivity (Wildman–Crippen MR) is 134 cm³/mol. The minimum Gasteiger partial charge on any atom is -0.493 e. The van der Waals surface area contributed by atoms with Crippen LogP contribution >= 0.6 is 0 Å². The number of nitrogens with one attached hydrogen (secondary N) is 1. The van der Waals surface area contributed by atoms with E-state index in [2.05, 4.69) is 17.1 Å². The first-order valence-corrected chi connectivity index (χ1v) is 12.4. The molecule has 0 saturated carbocycles. The molecule has 0 bridgehead atoms. The lowest BCUT2D eigenvalue weighted by Crippen LogP contribution is -2.48. The summed E-state index contributed by atoms with van der Waals surface area (Å²) < 4.78 is 71.1. The van der Waals surface area contributed by atoms with Crippen LogP contribution in [0.25, 0.3) is 11.0 Å². The van der Waals surface area contributed by atoms with E-state index in [9.17, 15) is 21.8 Å². The number of halogens is 4. The number of hydrogen-bond donors (Lipinski definition) is 2. The van der Waals surface area contributed by atoms with Crippen molar-refractivity contribution >= 4 is 28.0 Å². The van der Waals surface area contributed by atoms with E-state index in [1.807, 2.05) is 43.3 Å². The van der Waals surface area contributed by atoms with Gasteiger partial charge in [0.25, 0.3) is 0 Å². The molecule has 1 unspecified atom stereocenters. The Kier molecular flexibility index (Phi) is 11.5. The Bertz CT molecular complexity index is 1230. The highest BCUT2D eigenvalue weighted by molar-refractivity contribution is 7.80. The first kappa shape index (κ1) is 31.1. The molecule has 1 aromatic heterocycles. The topological polar surface area (TPSA) is 101 Å². The summed E-state index contributed by atoms with van der Waals surface area (Å²) in [6.07, 6.45) is -3.41. The number of piperazine rings is 1. The van der Waals surface area contributed by atoms with E-state index in [0.717, 1.165) is 48.3 Å². The Labute approximate surface area is 220 Å². The third kappa shape index (κ3) is 8.71. The standard InChI is InChI=1S/C22H26N2O4S.C2HF3O2.CH3F/c1-15-4-5-20(26-3)21(10-15)28-29(25)19-11-17-6-9-27-22(17)18(12-19)14-24-8-7-23-16(2)13-24;3-2(4,5)1(6)7;1-2/h4-6,9-12,16,23H,7-8,13-14H2,1-3H3;(H,6,7);1H3/t16-,29?;;/m0../s1. The van der Waals surface area contributed by atoms with Gasteiger partial charge in [0.15, 0.2) is 11.5 Å². The van der Waals surface area contributed by atoms with Crippen molar-refractivity contribution < 1.29 is 45.0 Å². The highest BCUT2D eigenvalue weighted by Crippen LogP contribution is 2.31. The molecule has 4 rings (SSSR count). The van der Waals surface area contributed by atoms with E-state index in [1.165, 1.54) is 0 Å². The van der Waals surface area contributed by atoms with Gasteiger partial charge in [-0.05, 0) is 49.7 Å². The maximum Gasteiger partial charge on any atom is 0.490 e. The molecule has 2 N–H and O–H groups in total. The number of carboxylic acids is 1. The third-order valence-corrected chi connectivity index (χ3v) is 6.32. The largest absolute Gasteiger partial charge is 0.493 e. The number of nitrogens with zero attached hydrogens (tertiary/aromatic N) is 1. The normalized spacial score (nSPS) is 16.5. The van der Waals surface area contributed by atoms with E-state index in [0.29, 0.717) is 29.6 Å². The van der Waals surface area contributed by atoms with Crippen LogP contribution in [0.4, 0.5) is 17.6 Å². The Morgan fingerprint density at radius 1 is 1.21 bits per heavy atom. The molecular formula is C25H30F4N2O6S. The summed E-state index contributed by atoms with van der Waals surface area (Å²) in [7, 11) is 2.07. The van der Waals surface area contributed by atoms with Crippen molar-refractivity contribution in [3.05, 3.63) is 53.8 Å². The second kappa shape index (κ2) is 14.1. The zero-order valence-corrected chi connectivity index (χ0v) is 22.1. The number of aryl methyl sites for hydroxylation is 1. The highest BCUT2D eigenvalue weighted by atomic mass is 32.2. The lowest BCUT2D eigenvalue weighted by atomic mass is 10.1. The molecule has 0 amide bonds. The van der Waals surface area contributed by atoms with Gasteiger partial charge in [0, 0.05) is 43.2 Å². The first-order chi connectivity index (χ1) is 18.0. The van der Waals surface area contributed by atoms with Crippen LogP contribution in [0, 0.1) is 6.92 Å². The monoisotopic (exact) mass is 562 g/mol. The SMILES string of the molecule is CF.COc1ccc(C)cc1OS(=O)c1cc(CN2CCN[C@@H](C)C2)c2occc2c1.O=C(O)C(F)(F)F. The fraction of sp³-hybridized carbons (Fsp3) is 0.400. The minimum absolute atomic E-state index is 0.449. The summed E-state index contributed by atoms with van der Waals surface area (Å²) >= 11 is -1.67. The van der Waals surface area contributed by atoms with Crippen molar-refractivity contribution in [3.8, 4) is 11.5 Å². The molecule has 1 aliphatic heterocycles. The van der Waals surface area contributed by atoms with Crippen LogP contribution in [0.1, 0.15) is 18.1 Å². The van der Waals surface area contributed by atoms with Crippen LogP contribution in [0.5, 0.6) is 11.5 Å². The molecule has 2 atom stereocenters.